The van der Waals surface area contributed by atoms with E-state index in [4.69, 9.17) is 5.26 Å². The Labute approximate surface area is 61.1 Å². The van der Waals surface area contributed by atoms with Crippen molar-refractivity contribution in [2.45, 2.75) is 0 Å². The van der Waals surface area contributed by atoms with Gasteiger partial charge in [0.15, 0.2) is 5.69 Å². The molecule has 1 rings (SSSR count). The lowest BCUT2D eigenvalue weighted by molar-refractivity contribution is 0.896. The molecule has 0 saturated heterocycles. The van der Waals surface area contributed by atoms with Crippen LogP contribution in [0.15, 0.2) is 10.9 Å². The molecule has 46 valence electrons. The highest BCUT2D eigenvalue weighted by molar-refractivity contribution is 9.10. The topological polar surface area (TPSA) is 41.6 Å². The van der Waals surface area contributed by atoms with Gasteiger partial charge in [-0.25, -0.2) is 4.98 Å². The minimum Gasteiger partial charge on any atom is -0.325 e. The van der Waals surface area contributed by atoms with Gasteiger partial charge < -0.3 is 4.57 Å². The van der Waals surface area contributed by atoms with Crippen LogP contribution in [0.5, 0.6) is 0 Å². The van der Waals surface area contributed by atoms with Gasteiger partial charge in [-0.3, -0.25) is 0 Å². The second-order valence-corrected chi connectivity index (χ2v) is 2.36. The van der Waals surface area contributed by atoms with Crippen LogP contribution in [-0.2, 0) is 7.05 Å². The number of aryl methyl sites for hydroxylation is 1. The lowest BCUT2D eigenvalue weighted by Gasteiger charge is -1.86. The molecule has 4 heteroatoms. The van der Waals surface area contributed by atoms with Gasteiger partial charge >= 0.3 is 0 Å². The Balaban J connectivity index is 3.27. The molecule has 0 amide bonds. The van der Waals surface area contributed by atoms with Crippen molar-refractivity contribution < 1.29 is 0 Å². The van der Waals surface area contributed by atoms with E-state index in [0.717, 1.165) is 0 Å². The molecule has 0 fully saturated rings. The fourth-order valence-corrected chi connectivity index (χ4v) is 0.987. The van der Waals surface area contributed by atoms with E-state index in [0.29, 0.717) is 10.3 Å². The Hall–Kier alpha value is -0.820. The van der Waals surface area contributed by atoms with E-state index in [1.54, 1.807) is 17.9 Å². The first-order valence-corrected chi connectivity index (χ1v) is 3.12. The standard InChI is InChI=1S/C5H4BrN3/c1-9-3-8-5(6)4(9)2-7/h3H,1H3. The molecule has 3 nitrogen and oxygen atoms in total. The van der Waals surface area contributed by atoms with E-state index >= 15 is 0 Å². The minimum absolute atomic E-state index is 0.551. The highest BCUT2D eigenvalue weighted by Gasteiger charge is 2.01. The van der Waals surface area contributed by atoms with Crippen molar-refractivity contribution in [3.8, 4) is 6.07 Å². The van der Waals surface area contributed by atoms with Crippen LogP contribution in [0.4, 0.5) is 0 Å². The lowest BCUT2D eigenvalue weighted by Crippen LogP contribution is -1.87. The molecule has 0 aliphatic rings. The van der Waals surface area contributed by atoms with Crippen LogP contribution in [0.2, 0.25) is 0 Å². The molecule has 0 saturated carbocycles. The summed E-state index contributed by atoms with van der Waals surface area (Å²) in [4.78, 5) is 3.84. The molecular formula is C5H4BrN3. The molecule has 0 radical (unpaired) electrons. The van der Waals surface area contributed by atoms with Crippen LogP contribution in [0.25, 0.3) is 0 Å². The zero-order chi connectivity index (χ0) is 6.85. The Morgan fingerprint density at radius 1 is 1.89 bits per heavy atom. The monoisotopic (exact) mass is 185 g/mol. The van der Waals surface area contributed by atoms with Crippen molar-refractivity contribution in [1.29, 1.82) is 5.26 Å². The van der Waals surface area contributed by atoms with Crippen LogP contribution in [0.3, 0.4) is 0 Å². The van der Waals surface area contributed by atoms with Crippen molar-refractivity contribution >= 4 is 15.9 Å². The van der Waals surface area contributed by atoms with E-state index < -0.39 is 0 Å². The summed E-state index contributed by atoms with van der Waals surface area (Å²) in [7, 11) is 1.77. The molecule has 0 atom stereocenters. The number of nitriles is 1. The van der Waals surface area contributed by atoms with E-state index in [-0.39, 0.29) is 0 Å². The van der Waals surface area contributed by atoms with E-state index in [1.807, 2.05) is 6.07 Å². The highest BCUT2D eigenvalue weighted by Crippen LogP contribution is 2.10. The number of aromatic nitrogens is 2. The van der Waals surface area contributed by atoms with Crippen LogP contribution < -0.4 is 0 Å². The number of imidazole rings is 1. The van der Waals surface area contributed by atoms with Crippen molar-refractivity contribution in [3.05, 3.63) is 16.6 Å². The normalized spacial score (nSPS) is 9.00. The summed E-state index contributed by atoms with van der Waals surface area (Å²) in [6.07, 6.45) is 1.59. The van der Waals surface area contributed by atoms with Crippen LogP contribution >= 0.6 is 15.9 Å². The maximum atomic E-state index is 8.45. The van der Waals surface area contributed by atoms with Crippen LogP contribution in [0, 0.1) is 11.3 Å². The molecule has 0 bridgehead atoms. The SMILES string of the molecule is Cn1cnc(Br)c1C#N. The molecule has 0 aliphatic carbocycles. The largest absolute Gasteiger partial charge is 0.325 e. The third-order valence-corrected chi connectivity index (χ3v) is 1.58. The Morgan fingerprint density at radius 2 is 2.56 bits per heavy atom. The average Bonchev–Trinajstić information content (AvgIpc) is 2.12. The van der Waals surface area contributed by atoms with Gasteiger partial charge in [0.05, 0.1) is 6.33 Å². The van der Waals surface area contributed by atoms with Crippen molar-refractivity contribution in [2.75, 3.05) is 0 Å². The summed E-state index contributed by atoms with van der Waals surface area (Å²) in [6, 6.07) is 2.00. The van der Waals surface area contributed by atoms with Crippen molar-refractivity contribution in [2.24, 2.45) is 7.05 Å². The zero-order valence-electron chi connectivity index (χ0n) is 4.80. The van der Waals surface area contributed by atoms with E-state index in [2.05, 4.69) is 20.9 Å². The van der Waals surface area contributed by atoms with Crippen molar-refractivity contribution in [1.82, 2.24) is 9.55 Å². The molecule has 0 spiro atoms. The fraction of sp³-hybridized carbons (Fsp3) is 0.200. The molecule has 0 unspecified atom stereocenters. The highest BCUT2D eigenvalue weighted by atomic mass is 79.9. The molecule has 1 heterocycles. The van der Waals surface area contributed by atoms with Gasteiger partial charge in [-0.1, -0.05) is 0 Å². The first-order valence-electron chi connectivity index (χ1n) is 2.32. The number of rotatable bonds is 0. The first kappa shape index (κ1) is 6.30. The summed E-state index contributed by atoms with van der Waals surface area (Å²) in [5.41, 5.74) is 0.551. The third-order valence-electron chi connectivity index (χ3n) is 0.998. The molecule has 0 aromatic carbocycles. The Morgan fingerprint density at radius 3 is 2.78 bits per heavy atom. The maximum absolute atomic E-state index is 8.45. The zero-order valence-corrected chi connectivity index (χ0v) is 6.38. The van der Waals surface area contributed by atoms with Gasteiger partial charge in [-0.05, 0) is 15.9 Å². The quantitative estimate of drug-likeness (QED) is 0.607. The summed E-state index contributed by atoms with van der Waals surface area (Å²) in [5.74, 6) is 0. The molecule has 0 aliphatic heterocycles. The van der Waals surface area contributed by atoms with Gasteiger partial charge in [0.25, 0.3) is 0 Å². The van der Waals surface area contributed by atoms with Gasteiger partial charge in [0.1, 0.15) is 10.7 Å². The van der Waals surface area contributed by atoms with E-state index in [9.17, 15) is 0 Å². The number of hydrogen-bond donors (Lipinski definition) is 0. The molecular weight excluding hydrogens is 182 g/mol. The summed E-state index contributed by atoms with van der Waals surface area (Å²) in [6.45, 7) is 0. The number of nitrogens with zero attached hydrogens (tertiary/aromatic N) is 3. The van der Waals surface area contributed by atoms with Gasteiger partial charge in [-0.2, -0.15) is 5.26 Å². The lowest BCUT2D eigenvalue weighted by atomic mass is 10.5. The smallest absolute Gasteiger partial charge is 0.154 e. The van der Waals surface area contributed by atoms with Gasteiger partial charge in [0, 0.05) is 7.05 Å². The molecule has 1 aromatic heterocycles. The first-order chi connectivity index (χ1) is 4.25. The molecule has 0 N–H and O–H groups in total. The van der Waals surface area contributed by atoms with E-state index in [1.165, 1.54) is 0 Å². The predicted molar refractivity (Wildman–Crippen MR) is 35.6 cm³/mol. The number of halogens is 1. The van der Waals surface area contributed by atoms with Crippen LogP contribution in [-0.4, -0.2) is 9.55 Å². The summed E-state index contributed by atoms with van der Waals surface area (Å²) < 4.78 is 2.26. The molecule has 1 aromatic rings. The average molecular weight is 186 g/mol. The fourth-order valence-electron chi connectivity index (χ4n) is 0.527. The third kappa shape index (κ3) is 0.958. The van der Waals surface area contributed by atoms with Gasteiger partial charge in [0.2, 0.25) is 0 Å². The second-order valence-electron chi connectivity index (χ2n) is 1.61. The predicted octanol–water partition coefficient (Wildman–Crippen LogP) is 1.05. The number of hydrogen-bond acceptors (Lipinski definition) is 2. The molecule has 9 heavy (non-hydrogen) atoms. The minimum atomic E-state index is 0.551. The van der Waals surface area contributed by atoms with Gasteiger partial charge in [-0.15, -0.1) is 0 Å². The summed E-state index contributed by atoms with van der Waals surface area (Å²) >= 11 is 3.12. The maximum Gasteiger partial charge on any atom is 0.154 e. The summed E-state index contributed by atoms with van der Waals surface area (Å²) in [5, 5.41) is 8.45. The van der Waals surface area contributed by atoms with Crippen LogP contribution in [0.1, 0.15) is 5.69 Å². The second kappa shape index (κ2) is 2.19. The Bertz CT molecular complexity index is 238. The van der Waals surface area contributed by atoms with Crippen molar-refractivity contribution in [3.63, 3.8) is 0 Å². The Kier molecular flexibility index (Phi) is 1.54.